The monoisotopic (exact) mass is 331 g/mol. The van der Waals surface area contributed by atoms with Crippen molar-refractivity contribution >= 4 is 22.1 Å². The molecule has 23 heavy (non-hydrogen) atoms. The molecule has 0 saturated heterocycles. The van der Waals surface area contributed by atoms with Crippen molar-refractivity contribution in [3.05, 3.63) is 42.4 Å². The van der Waals surface area contributed by atoms with Crippen molar-refractivity contribution in [2.75, 3.05) is 6.26 Å². The van der Waals surface area contributed by atoms with Crippen molar-refractivity contribution in [2.45, 2.75) is 11.8 Å². The third-order valence-corrected chi connectivity index (χ3v) is 4.08. The Balaban J connectivity index is 1.93. The molecule has 0 atom stereocenters. The lowest BCUT2D eigenvalue weighted by Crippen LogP contribution is -1.98. The summed E-state index contributed by atoms with van der Waals surface area (Å²) in [6.45, 7) is 1.82. The van der Waals surface area contributed by atoms with Gasteiger partial charge in [0.25, 0.3) is 0 Å². The Kier molecular flexibility index (Phi) is 3.78. The first-order chi connectivity index (χ1) is 10.9. The Morgan fingerprint density at radius 1 is 1.26 bits per heavy atom. The van der Waals surface area contributed by atoms with E-state index in [0.717, 1.165) is 5.56 Å². The number of hydrogen-bond donors (Lipinski definition) is 0. The second-order valence-electron chi connectivity index (χ2n) is 4.95. The number of sulfone groups is 1. The standard InChI is InChI=1S/C14H13N5O3S/c1-10-5-11(7-12(6-10)23(2,20)21)14-15-8-19(18-14)4-3-13-17-16-9-22-13/h3-9H,1-2H3/b4-3-. The van der Waals surface area contributed by atoms with E-state index in [-0.39, 0.29) is 4.90 Å². The molecule has 8 nitrogen and oxygen atoms in total. The molecule has 0 N–H and O–H groups in total. The number of benzene rings is 1. The van der Waals surface area contributed by atoms with Crippen LogP contribution in [0.5, 0.6) is 0 Å². The van der Waals surface area contributed by atoms with Gasteiger partial charge in [-0.3, -0.25) is 0 Å². The average molecular weight is 331 g/mol. The predicted octanol–water partition coefficient (Wildman–Crippen LogP) is 1.67. The van der Waals surface area contributed by atoms with Gasteiger partial charge in [0.1, 0.15) is 6.33 Å². The fourth-order valence-electron chi connectivity index (χ4n) is 1.96. The highest BCUT2D eigenvalue weighted by molar-refractivity contribution is 7.90. The summed E-state index contributed by atoms with van der Waals surface area (Å²) in [7, 11) is -3.29. The maximum atomic E-state index is 11.7. The van der Waals surface area contributed by atoms with E-state index in [1.54, 1.807) is 24.4 Å². The van der Waals surface area contributed by atoms with Gasteiger partial charge in [-0.05, 0) is 30.7 Å². The maximum Gasteiger partial charge on any atom is 0.241 e. The molecular formula is C14H13N5O3S. The number of rotatable bonds is 4. The second-order valence-corrected chi connectivity index (χ2v) is 6.96. The molecule has 0 radical (unpaired) electrons. The second kappa shape index (κ2) is 5.76. The summed E-state index contributed by atoms with van der Waals surface area (Å²) in [6, 6.07) is 5.01. The molecule has 1 aromatic carbocycles. The molecule has 118 valence electrons. The highest BCUT2D eigenvalue weighted by Crippen LogP contribution is 2.21. The summed E-state index contributed by atoms with van der Waals surface area (Å²) in [5.41, 5.74) is 1.45. The maximum absolute atomic E-state index is 11.7. The van der Waals surface area contributed by atoms with Crippen LogP contribution in [0.3, 0.4) is 0 Å². The van der Waals surface area contributed by atoms with Crippen LogP contribution >= 0.6 is 0 Å². The summed E-state index contributed by atoms with van der Waals surface area (Å²) < 4.78 is 29.9. The first kappa shape index (κ1) is 15.1. The van der Waals surface area contributed by atoms with E-state index in [9.17, 15) is 8.42 Å². The molecule has 0 aliphatic carbocycles. The summed E-state index contributed by atoms with van der Waals surface area (Å²) in [6.07, 6.45) is 7.10. The van der Waals surface area contributed by atoms with Gasteiger partial charge >= 0.3 is 0 Å². The lowest BCUT2D eigenvalue weighted by atomic mass is 10.1. The van der Waals surface area contributed by atoms with Crippen LogP contribution in [0.1, 0.15) is 11.5 Å². The number of hydrogen-bond acceptors (Lipinski definition) is 7. The molecule has 3 rings (SSSR count). The predicted molar refractivity (Wildman–Crippen MR) is 82.8 cm³/mol. The minimum Gasteiger partial charge on any atom is -0.424 e. The van der Waals surface area contributed by atoms with Crippen LogP contribution in [0.15, 0.2) is 40.2 Å². The van der Waals surface area contributed by atoms with Crippen molar-refractivity contribution in [2.24, 2.45) is 0 Å². The Morgan fingerprint density at radius 2 is 2.09 bits per heavy atom. The zero-order valence-electron chi connectivity index (χ0n) is 12.4. The highest BCUT2D eigenvalue weighted by Gasteiger charge is 2.12. The Bertz CT molecular complexity index is 958. The topological polar surface area (TPSA) is 104 Å². The number of aryl methyl sites for hydroxylation is 1. The van der Waals surface area contributed by atoms with Gasteiger partial charge in [0.2, 0.25) is 12.3 Å². The van der Waals surface area contributed by atoms with E-state index in [1.165, 1.54) is 23.7 Å². The Morgan fingerprint density at radius 3 is 2.78 bits per heavy atom. The van der Waals surface area contributed by atoms with Gasteiger partial charge in [-0.2, -0.15) is 0 Å². The van der Waals surface area contributed by atoms with Crippen molar-refractivity contribution in [1.82, 2.24) is 25.0 Å². The molecule has 0 aliphatic heterocycles. The lowest BCUT2D eigenvalue weighted by molar-refractivity contribution is 0.542. The number of nitrogens with zero attached hydrogens (tertiary/aromatic N) is 5. The molecule has 0 fully saturated rings. The van der Waals surface area contributed by atoms with Gasteiger partial charge in [-0.25, -0.2) is 18.1 Å². The van der Waals surface area contributed by atoms with E-state index in [0.29, 0.717) is 17.3 Å². The third kappa shape index (κ3) is 3.51. The minimum absolute atomic E-state index is 0.241. The summed E-state index contributed by atoms with van der Waals surface area (Å²) >= 11 is 0. The van der Waals surface area contributed by atoms with Crippen LogP contribution in [0.25, 0.3) is 23.7 Å². The van der Waals surface area contributed by atoms with Crippen molar-refractivity contribution in [3.8, 4) is 11.4 Å². The fraction of sp³-hybridized carbons (Fsp3) is 0.143. The molecule has 9 heteroatoms. The first-order valence-electron chi connectivity index (χ1n) is 6.59. The molecule has 3 aromatic rings. The SMILES string of the molecule is Cc1cc(-c2ncn(/C=C\c3nnco3)n2)cc(S(C)(=O)=O)c1. The largest absolute Gasteiger partial charge is 0.424 e. The first-order valence-corrected chi connectivity index (χ1v) is 8.48. The van der Waals surface area contributed by atoms with Crippen LogP contribution < -0.4 is 0 Å². The van der Waals surface area contributed by atoms with Crippen LogP contribution in [0, 0.1) is 6.92 Å². The van der Waals surface area contributed by atoms with Crippen molar-refractivity contribution in [3.63, 3.8) is 0 Å². The van der Waals surface area contributed by atoms with E-state index in [4.69, 9.17) is 4.42 Å². The lowest BCUT2D eigenvalue weighted by Gasteiger charge is -2.03. The van der Waals surface area contributed by atoms with Crippen molar-refractivity contribution in [1.29, 1.82) is 0 Å². The molecule has 2 heterocycles. The van der Waals surface area contributed by atoms with Crippen LogP contribution in [0.4, 0.5) is 0 Å². The molecule has 0 aliphatic rings. The van der Waals surface area contributed by atoms with Crippen LogP contribution in [0.2, 0.25) is 0 Å². The Hall–Kier alpha value is -2.81. The summed E-state index contributed by atoms with van der Waals surface area (Å²) in [5, 5.41) is 11.6. The van der Waals surface area contributed by atoms with Gasteiger partial charge < -0.3 is 4.42 Å². The Labute approximate surface area is 132 Å². The molecule has 0 unspecified atom stereocenters. The van der Waals surface area contributed by atoms with E-state index in [2.05, 4.69) is 20.3 Å². The van der Waals surface area contributed by atoms with Gasteiger partial charge in [-0.15, -0.1) is 15.3 Å². The zero-order chi connectivity index (χ0) is 16.4. The zero-order valence-corrected chi connectivity index (χ0v) is 13.2. The average Bonchev–Trinajstić information content (AvgIpc) is 3.15. The molecular weight excluding hydrogens is 318 g/mol. The van der Waals surface area contributed by atoms with Gasteiger partial charge in [-0.1, -0.05) is 0 Å². The normalized spacial score (nSPS) is 12.1. The minimum atomic E-state index is -3.29. The van der Waals surface area contributed by atoms with Gasteiger partial charge in [0.05, 0.1) is 4.90 Å². The molecule has 0 spiro atoms. The molecule has 0 bridgehead atoms. The highest BCUT2D eigenvalue weighted by atomic mass is 32.2. The van der Waals surface area contributed by atoms with E-state index < -0.39 is 9.84 Å². The van der Waals surface area contributed by atoms with Crippen LogP contribution in [-0.2, 0) is 9.84 Å². The fourth-order valence-corrected chi connectivity index (χ4v) is 2.71. The van der Waals surface area contributed by atoms with E-state index in [1.807, 2.05) is 13.0 Å². The van der Waals surface area contributed by atoms with E-state index >= 15 is 0 Å². The number of aromatic nitrogens is 5. The molecule has 0 saturated carbocycles. The quantitative estimate of drug-likeness (QED) is 0.716. The summed E-state index contributed by atoms with van der Waals surface area (Å²) in [4.78, 5) is 4.43. The molecule has 2 aromatic heterocycles. The van der Waals surface area contributed by atoms with Crippen LogP contribution in [-0.4, -0.2) is 39.6 Å². The molecule has 0 amide bonds. The van der Waals surface area contributed by atoms with Crippen molar-refractivity contribution < 1.29 is 12.8 Å². The summed E-state index contributed by atoms with van der Waals surface area (Å²) in [5.74, 6) is 0.769. The third-order valence-electron chi connectivity index (χ3n) is 2.99. The smallest absolute Gasteiger partial charge is 0.241 e. The van der Waals surface area contributed by atoms with Gasteiger partial charge in [0, 0.05) is 24.1 Å². The van der Waals surface area contributed by atoms with Gasteiger partial charge in [0.15, 0.2) is 15.7 Å².